The summed E-state index contributed by atoms with van der Waals surface area (Å²) in [5, 5.41) is 0.0131. The van der Waals surface area contributed by atoms with Gasteiger partial charge < -0.3 is 15.3 Å². The van der Waals surface area contributed by atoms with Gasteiger partial charge in [0.25, 0.3) is 0 Å². The maximum Gasteiger partial charge on any atom is 0.346 e. The molecule has 132 valence electrons. The van der Waals surface area contributed by atoms with E-state index >= 15 is 0 Å². The lowest BCUT2D eigenvalue weighted by Crippen LogP contribution is -2.19. The van der Waals surface area contributed by atoms with Gasteiger partial charge in [0.15, 0.2) is 11.5 Å². The Balaban J connectivity index is 2.11. The van der Waals surface area contributed by atoms with Gasteiger partial charge in [0, 0.05) is 22.8 Å². The van der Waals surface area contributed by atoms with Gasteiger partial charge in [0.2, 0.25) is 0 Å². The van der Waals surface area contributed by atoms with Gasteiger partial charge in [-0.15, -0.1) is 0 Å². The number of anilines is 1. The largest absolute Gasteiger partial charge is 0.609 e. The smallest absolute Gasteiger partial charge is 0.346 e. The Morgan fingerprint density at radius 1 is 1.36 bits per heavy atom. The zero-order valence-electron chi connectivity index (χ0n) is 13.3. The van der Waals surface area contributed by atoms with Crippen LogP contribution in [0.15, 0.2) is 28.2 Å². The molecule has 0 fully saturated rings. The summed E-state index contributed by atoms with van der Waals surface area (Å²) in [4.78, 5) is 22.8. The third-order valence-corrected chi connectivity index (χ3v) is 4.94. The molecule has 0 bridgehead atoms. The highest BCUT2D eigenvalue weighted by atomic mass is 32.2. The Morgan fingerprint density at radius 2 is 2.12 bits per heavy atom. The first kappa shape index (κ1) is 17.4. The highest BCUT2D eigenvalue weighted by molar-refractivity contribution is 7.91. The number of imidazole rings is 1. The maximum atomic E-state index is 13.9. The number of aromatic nitrogens is 4. The van der Waals surface area contributed by atoms with Crippen LogP contribution in [0.25, 0.3) is 11.2 Å². The molecule has 0 aliphatic rings. The summed E-state index contributed by atoms with van der Waals surface area (Å²) in [7, 11) is 0. The second-order valence-corrected chi connectivity index (χ2v) is 6.86. The number of aromatic amines is 1. The lowest BCUT2D eigenvalue weighted by molar-refractivity contribution is 0.565. The van der Waals surface area contributed by atoms with E-state index in [2.05, 4.69) is 15.0 Å². The predicted octanol–water partition coefficient (Wildman–Crippen LogP) is 1.55. The first-order valence-electron chi connectivity index (χ1n) is 7.49. The Labute approximate surface area is 144 Å². The molecule has 0 aliphatic carbocycles. The number of hydrogen-bond acceptors (Lipinski definition) is 5. The quantitative estimate of drug-likeness (QED) is 0.525. The molecule has 0 saturated carbocycles. The summed E-state index contributed by atoms with van der Waals surface area (Å²) in [6.07, 6.45) is 0.661. The first-order valence-corrected chi connectivity index (χ1v) is 8.81. The number of fused-ring (bicyclic) bond motifs is 1. The van der Waals surface area contributed by atoms with Crippen molar-refractivity contribution in [3.05, 3.63) is 45.9 Å². The molecule has 0 saturated heterocycles. The van der Waals surface area contributed by atoms with Gasteiger partial charge in [-0.1, -0.05) is 13.0 Å². The summed E-state index contributed by atoms with van der Waals surface area (Å²) in [5.41, 5.74) is 5.67. The van der Waals surface area contributed by atoms with Crippen molar-refractivity contribution in [2.75, 3.05) is 11.5 Å². The van der Waals surface area contributed by atoms with Gasteiger partial charge in [-0.2, -0.15) is 9.97 Å². The van der Waals surface area contributed by atoms with Gasteiger partial charge in [-0.3, -0.25) is 4.57 Å². The SMILES string of the molecule is CCC[S+]([O-])c1nc(N)c2[nH]c(=O)n(Cc3ccc(F)cc3F)c2n1. The van der Waals surface area contributed by atoms with E-state index in [4.69, 9.17) is 5.73 Å². The van der Waals surface area contributed by atoms with Crippen LogP contribution in [0.1, 0.15) is 18.9 Å². The van der Waals surface area contributed by atoms with Crippen LogP contribution >= 0.6 is 0 Å². The number of nitrogen functional groups attached to an aromatic ring is 1. The summed E-state index contributed by atoms with van der Waals surface area (Å²) in [6.45, 7) is 1.69. The van der Waals surface area contributed by atoms with Gasteiger partial charge in [-0.05, 0) is 12.5 Å². The van der Waals surface area contributed by atoms with Crippen LogP contribution in [0.3, 0.4) is 0 Å². The van der Waals surface area contributed by atoms with E-state index in [1.165, 1.54) is 6.07 Å². The topological polar surface area (TPSA) is 113 Å². The molecule has 0 spiro atoms. The molecule has 0 aliphatic heterocycles. The standard InChI is InChI=1S/C15H15F2N5O2S/c1-2-5-25(24)14-20-12(18)11-13(21-14)22(15(23)19-11)7-8-3-4-9(16)6-10(8)17/h3-4,6H,2,5,7H2,1H3,(H,19,23)(H2,18,20,21). The molecule has 3 aromatic rings. The van der Waals surface area contributed by atoms with Gasteiger partial charge in [-0.25, -0.2) is 13.6 Å². The van der Waals surface area contributed by atoms with Crippen molar-refractivity contribution in [2.24, 2.45) is 0 Å². The molecule has 0 radical (unpaired) electrons. The number of nitrogens with zero attached hydrogens (tertiary/aromatic N) is 3. The van der Waals surface area contributed by atoms with Crippen LogP contribution in [0.5, 0.6) is 0 Å². The Bertz CT molecular complexity index is 988. The van der Waals surface area contributed by atoms with Crippen molar-refractivity contribution in [3.63, 3.8) is 0 Å². The molecule has 1 aromatic carbocycles. The number of H-pyrrole nitrogens is 1. The normalized spacial score (nSPS) is 12.6. The van der Waals surface area contributed by atoms with E-state index in [0.29, 0.717) is 12.2 Å². The Kier molecular flexibility index (Phi) is 4.73. The molecule has 10 heteroatoms. The molecule has 25 heavy (non-hydrogen) atoms. The molecule has 2 heterocycles. The number of hydrogen-bond donors (Lipinski definition) is 2. The highest BCUT2D eigenvalue weighted by Gasteiger charge is 2.21. The van der Waals surface area contributed by atoms with Crippen LogP contribution in [0.4, 0.5) is 14.6 Å². The zero-order chi connectivity index (χ0) is 18.1. The molecule has 3 rings (SSSR count). The van der Waals surface area contributed by atoms with Crippen molar-refractivity contribution < 1.29 is 13.3 Å². The number of nitrogens with two attached hydrogens (primary N) is 1. The van der Waals surface area contributed by atoms with Crippen LogP contribution in [-0.2, 0) is 17.7 Å². The molecular weight excluding hydrogens is 352 g/mol. The fourth-order valence-corrected chi connectivity index (χ4v) is 3.32. The van der Waals surface area contributed by atoms with E-state index in [-0.39, 0.29) is 34.2 Å². The van der Waals surface area contributed by atoms with E-state index in [1.807, 2.05) is 6.92 Å². The summed E-state index contributed by atoms with van der Waals surface area (Å²) < 4.78 is 40.2. The third kappa shape index (κ3) is 3.35. The third-order valence-electron chi connectivity index (χ3n) is 3.57. The number of benzene rings is 1. The van der Waals surface area contributed by atoms with Crippen molar-refractivity contribution >= 4 is 28.2 Å². The fraction of sp³-hybridized carbons (Fsp3) is 0.267. The minimum absolute atomic E-state index is 0.0131. The van der Waals surface area contributed by atoms with E-state index < -0.39 is 28.5 Å². The molecule has 7 nitrogen and oxygen atoms in total. The second-order valence-electron chi connectivity index (χ2n) is 5.39. The highest BCUT2D eigenvalue weighted by Crippen LogP contribution is 2.19. The average molecular weight is 367 g/mol. The van der Waals surface area contributed by atoms with Gasteiger partial charge in [0.05, 0.1) is 6.54 Å². The van der Waals surface area contributed by atoms with E-state index in [0.717, 1.165) is 16.7 Å². The summed E-state index contributed by atoms with van der Waals surface area (Å²) in [5.74, 6) is -1.15. The molecule has 1 atom stereocenters. The van der Waals surface area contributed by atoms with Crippen molar-refractivity contribution in [2.45, 2.75) is 25.0 Å². The first-order chi connectivity index (χ1) is 11.9. The Morgan fingerprint density at radius 3 is 2.80 bits per heavy atom. The van der Waals surface area contributed by atoms with Crippen molar-refractivity contribution in [1.29, 1.82) is 0 Å². The maximum absolute atomic E-state index is 13.9. The van der Waals surface area contributed by atoms with Crippen LogP contribution < -0.4 is 11.4 Å². The second kappa shape index (κ2) is 6.81. The van der Waals surface area contributed by atoms with Crippen LogP contribution in [-0.4, -0.2) is 29.8 Å². The zero-order valence-corrected chi connectivity index (χ0v) is 14.1. The monoisotopic (exact) mass is 367 g/mol. The van der Waals surface area contributed by atoms with Crippen molar-refractivity contribution in [3.8, 4) is 0 Å². The number of rotatable bonds is 5. The summed E-state index contributed by atoms with van der Waals surface area (Å²) in [6, 6.07) is 3.08. The number of halogens is 2. The Hall–Kier alpha value is -2.46. The summed E-state index contributed by atoms with van der Waals surface area (Å²) >= 11 is -1.46. The predicted molar refractivity (Wildman–Crippen MR) is 89.6 cm³/mol. The van der Waals surface area contributed by atoms with Gasteiger partial charge >= 0.3 is 10.8 Å². The molecular formula is C15H15F2N5O2S. The van der Waals surface area contributed by atoms with E-state index in [1.54, 1.807) is 0 Å². The number of nitrogens with one attached hydrogen (secondary N) is 1. The van der Waals surface area contributed by atoms with E-state index in [9.17, 15) is 18.1 Å². The lowest BCUT2D eigenvalue weighted by Gasteiger charge is -2.09. The van der Waals surface area contributed by atoms with Gasteiger partial charge in [0.1, 0.15) is 22.9 Å². The molecule has 1 unspecified atom stereocenters. The average Bonchev–Trinajstić information content (AvgIpc) is 2.87. The van der Waals surface area contributed by atoms with Crippen LogP contribution in [0.2, 0.25) is 0 Å². The molecule has 3 N–H and O–H groups in total. The van der Waals surface area contributed by atoms with Crippen molar-refractivity contribution in [1.82, 2.24) is 19.5 Å². The molecule has 0 amide bonds. The minimum Gasteiger partial charge on any atom is -0.609 e. The lowest BCUT2D eigenvalue weighted by atomic mass is 10.2. The fourth-order valence-electron chi connectivity index (χ4n) is 2.38. The minimum atomic E-state index is -1.46. The van der Waals surface area contributed by atoms with Crippen LogP contribution in [0, 0.1) is 11.6 Å². The molecule has 2 aromatic heterocycles.